The molecule has 0 aromatic heterocycles. The average Bonchev–Trinajstić information content (AvgIpc) is 2.16. The zero-order valence-corrected chi connectivity index (χ0v) is 8.68. The van der Waals surface area contributed by atoms with E-state index in [1.807, 2.05) is 13.8 Å². The fraction of sp³-hybridized carbons (Fsp3) is 0.455. The summed E-state index contributed by atoms with van der Waals surface area (Å²) in [6.07, 6.45) is 0. The number of aryl methyl sites for hydroxylation is 1. The Hall–Kier alpha value is -0.930. The Balaban J connectivity index is 2.59. The maximum Gasteiger partial charge on any atom is 0.123 e. The zero-order chi connectivity index (χ0) is 10.6. The molecule has 1 rings (SSSR count). The topological polar surface area (TPSA) is 38.0 Å². The van der Waals surface area contributed by atoms with Gasteiger partial charge in [-0.25, -0.2) is 4.39 Å². The van der Waals surface area contributed by atoms with Gasteiger partial charge in [-0.05, 0) is 37.1 Å². The summed E-state index contributed by atoms with van der Waals surface area (Å²) in [6.45, 7) is 5.29. The van der Waals surface area contributed by atoms with Crippen LogP contribution in [0, 0.1) is 12.7 Å². The van der Waals surface area contributed by atoms with Gasteiger partial charge in [0.05, 0.1) is 0 Å². The van der Waals surface area contributed by atoms with Gasteiger partial charge in [-0.1, -0.05) is 6.07 Å². The van der Waals surface area contributed by atoms with Crippen LogP contribution >= 0.6 is 0 Å². The summed E-state index contributed by atoms with van der Waals surface area (Å²) in [6, 6.07) is 5.13. The molecule has 0 unspecified atom stereocenters. The summed E-state index contributed by atoms with van der Waals surface area (Å²) in [5.41, 5.74) is 7.57. The highest BCUT2D eigenvalue weighted by atomic mass is 19.1. The number of hydrogen-bond donors (Lipinski definition) is 2. The molecule has 0 heterocycles. The van der Waals surface area contributed by atoms with Gasteiger partial charge in [0.15, 0.2) is 0 Å². The lowest BCUT2D eigenvalue weighted by atomic mass is 10.1. The number of nitrogens with one attached hydrogen (secondary N) is 1. The third-order valence-corrected chi connectivity index (χ3v) is 2.30. The molecule has 0 radical (unpaired) electrons. The monoisotopic (exact) mass is 196 g/mol. The smallest absolute Gasteiger partial charge is 0.123 e. The summed E-state index contributed by atoms with van der Waals surface area (Å²) in [4.78, 5) is 0. The Morgan fingerprint density at radius 2 is 2.21 bits per heavy atom. The molecule has 0 amide bonds. The molecule has 1 atom stereocenters. The van der Waals surface area contributed by atoms with E-state index in [1.54, 1.807) is 12.1 Å². The minimum atomic E-state index is -0.182. The highest BCUT2D eigenvalue weighted by molar-refractivity contribution is 5.26. The van der Waals surface area contributed by atoms with Gasteiger partial charge >= 0.3 is 0 Å². The molecule has 0 fully saturated rings. The van der Waals surface area contributed by atoms with Gasteiger partial charge in [0.2, 0.25) is 0 Å². The van der Waals surface area contributed by atoms with Crippen molar-refractivity contribution in [1.29, 1.82) is 0 Å². The summed E-state index contributed by atoms with van der Waals surface area (Å²) in [5.74, 6) is -0.182. The van der Waals surface area contributed by atoms with Crippen LogP contribution < -0.4 is 11.1 Å². The first-order valence-corrected chi connectivity index (χ1v) is 4.82. The molecule has 1 aromatic rings. The maximum atomic E-state index is 12.8. The molecule has 0 spiro atoms. The van der Waals surface area contributed by atoms with Gasteiger partial charge in [0.1, 0.15) is 5.82 Å². The average molecular weight is 196 g/mol. The molecule has 0 saturated carbocycles. The van der Waals surface area contributed by atoms with E-state index >= 15 is 0 Å². The molecule has 0 aliphatic carbocycles. The van der Waals surface area contributed by atoms with Crippen molar-refractivity contribution >= 4 is 0 Å². The first-order chi connectivity index (χ1) is 6.63. The molecule has 0 aliphatic rings. The van der Waals surface area contributed by atoms with Gasteiger partial charge in [0, 0.05) is 19.1 Å². The maximum absolute atomic E-state index is 12.8. The van der Waals surface area contributed by atoms with Crippen LogP contribution in [0.3, 0.4) is 0 Å². The van der Waals surface area contributed by atoms with Crippen molar-refractivity contribution in [2.24, 2.45) is 5.73 Å². The lowest BCUT2D eigenvalue weighted by Gasteiger charge is -2.12. The van der Waals surface area contributed by atoms with Gasteiger partial charge in [-0.3, -0.25) is 0 Å². The Bertz CT molecular complexity index is 299. The number of hydrogen-bond acceptors (Lipinski definition) is 2. The van der Waals surface area contributed by atoms with Crippen molar-refractivity contribution in [2.75, 3.05) is 6.54 Å². The van der Waals surface area contributed by atoms with E-state index in [0.717, 1.165) is 17.7 Å². The van der Waals surface area contributed by atoms with Crippen molar-refractivity contribution < 1.29 is 4.39 Å². The Morgan fingerprint density at radius 1 is 1.50 bits per heavy atom. The van der Waals surface area contributed by atoms with Crippen molar-refractivity contribution in [2.45, 2.75) is 26.4 Å². The largest absolute Gasteiger partial charge is 0.329 e. The summed E-state index contributed by atoms with van der Waals surface area (Å²) in [7, 11) is 0. The fourth-order valence-electron chi connectivity index (χ4n) is 1.23. The van der Waals surface area contributed by atoms with Crippen molar-refractivity contribution in [3.63, 3.8) is 0 Å². The molecule has 0 bridgehead atoms. The molecule has 78 valence electrons. The quantitative estimate of drug-likeness (QED) is 0.767. The predicted octanol–water partition coefficient (Wildman–Crippen LogP) is 1.57. The van der Waals surface area contributed by atoms with Gasteiger partial charge < -0.3 is 11.1 Å². The van der Waals surface area contributed by atoms with Gasteiger partial charge in [-0.2, -0.15) is 0 Å². The second-order valence-electron chi connectivity index (χ2n) is 3.59. The van der Waals surface area contributed by atoms with Gasteiger partial charge in [-0.15, -0.1) is 0 Å². The molecule has 0 saturated heterocycles. The molecular formula is C11H17FN2. The van der Waals surface area contributed by atoms with Crippen LogP contribution in [0.4, 0.5) is 4.39 Å². The summed E-state index contributed by atoms with van der Waals surface area (Å²) < 4.78 is 12.8. The fourth-order valence-corrected chi connectivity index (χ4v) is 1.23. The van der Waals surface area contributed by atoms with E-state index in [-0.39, 0.29) is 5.82 Å². The molecule has 0 aliphatic heterocycles. The second-order valence-corrected chi connectivity index (χ2v) is 3.59. The van der Waals surface area contributed by atoms with Crippen LogP contribution in [0.5, 0.6) is 0 Å². The Kier molecular flexibility index (Phi) is 4.04. The molecular weight excluding hydrogens is 179 g/mol. The first kappa shape index (κ1) is 11.1. The van der Waals surface area contributed by atoms with E-state index in [1.165, 1.54) is 6.07 Å². The van der Waals surface area contributed by atoms with Gasteiger partial charge in [0.25, 0.3) is 0 Å². The normalized spacial score (nSPS) is 12.9. The minimum absolute atomic E-state index is 0.182. The van der Waals surface area contributed by atoms with E-state index in [4.69, 9.17) is 5.73 Å². The third kappa shape index (κ3) is 3.09. The first-order valence-electron chi connectivity index (χ1n) is 4.82. The van der Waals surface area contributed by atoms with Crippen LogP contribution in [-0.4, -0.2) is 12.6 Å². The summed E-state index contributed by atoms with van der Waals surface area (Å²) in [5, 5.41) is 3.26. The Morgan fingerprint density at radius 3 is 2.79 bits per heavy atom. The van der Waals surface area contributed by atoms with Crippen molar-refractivity contribution in [3.8, 4) is 0 Å². The number of halogens is 1. The van der Waals surface area contributed by atoms with E-state index in [9.17, 15) is 4.39 Å². The number of nitrogens with two attached hydrogens (primary N) is 1. The van der Waals surface area contributed by atoms with E-state index < -0.39 is 0 Å². The Labute approximate surface area is 84.3 Å². The molecule has 1 aromatic carbocycles. The molecule has 3 heteroatoms. The lowest BCUT2D eigenvalue weighted by Crippen LogP contribution is -2.32. The van der Waals surface area contributed by atoms with E-state index in [0.29, 0.717) is 12.6 Å². The standard InChI is InChI=1S/C11H17FN2/c1-8-5-11(12)4-3-10(8)7-14-9(2)6-13/h3-5,9,14H,6-7,13H2,1-2H3/t9-/m0/s1. The van der Waals surface area contributed by atoms with Crippen LogP contribution in [-0.2, 0) is 6.54 Å². The predicted molar refractivity (Wildman–Crippen MR) is 56.5 cm³/mol. The lowest BCUT2D eigenvalue weighted by molar-refractivity contribution is 0.554. The van der Waals surface area contributed by atoms with Crippen LogP contribution in [0.25, 0.3) is 0 Å². The van der Waals surface area contributed by atoms with Crippen LogP contribution in [0.2, 0.25) is 0 Å². The van der Waals surface area contributed by atoms with E-state index in [2.05, 4.69) is 5.32 Å². The van der Waals surface area contributed by atoms with Crippen LogP contribution in [0.15, 0.2) is 18.2 Å². The van der Waals surface area contributed by atoms with Crippen LogP contribution in [0.1, 0.15) is 18.1 Å². The summed E-state index contributed by atoms with van der Waals surface area (Å²) >= 11 is 0. The minimum Gasteiger partial charge on any atom is -0.329 e. The van der Waals surface area contributed by atoms with Crippen molar-refractivity contribution in [3.05, 3.63) is 35.1 Å². The SMILES string of the molecule is Cc1cc(F)ccc1CN[C@@H](C)CN. The number of rotatable bonds is 4. The molecule has 14 heavy (non-hydrogen) atoms. The second kappa shape index (κ2) is 5.08. The highest BCUT2D eigenvalue weighted by Gasteiger charge is 2.02. The zero-order valence-electron chi connectivity index (χ0n) is 8.68. The highest BCUT2D eigenvalue weighted by Crippen LogP contribution is 2.09. The third-order valence-electron chi connectivity index (χ3n) is 2.30. The molecule has 3 N–H and O–H groups in total. The van der Waals surface area contributed by atoms with Crippen molar-refractivity contribution in [1.82, 2.24) is 5.32 Å². The molecule has 2 nitrogen and oxygen atoms in total. The number of benzene rings is 1.